The molecule has 1 rings (SSSR count). The molecule has 0 bridgehead atoms. The Hall–Kier alpha value is -1.57. The molecule has 0 heterocycles. The molecule has 0 saturated heterocycles. The van der Waals surface area contributed by atoms with E-state index < -0.39 is 23.8 Å². The fourth-order valence-corrected chi connectivity index (χ4v) is 1.31. The van der Waals surface area contributed by atoms with Crippen molar-refractivity contribution < 1.29 is 18.0 Å². The summed E-state index contributed by atoms with van der Waals surface area (Å²) in [5.74, 6) is -3.80. The highest BCUT2D eigenvalue weighted by atomic mass is 19.4. The Morgan fingerprint density at radius 2 is 2.13 bits per heavy atom. The van der Waals surface area contributed by atoms with Crippen molar-refractivity contribution in [3.63, 3.8) is 0 Å². The minimum absolute atomic E-state index is 0.224. The van der Waals surface area contributed by atoms with Crippen LogP contribution in [-0.2, 0) is 4.79 Å². The number of nitriles is 1. The lowest BCUT2D eigenvalue weighted by Gasteiger charge is -2.23. The fourth-order valence-electron chi connectivity index (χ4n) is 1.31. The van der Waals surface area contributed by atoms with Crippen LogP contribution < -0.4 is 0 Å². The van der Waals surface area contributed by atoms with Gasteiger partial charge in [-0.1, -0.05) is 19.1 Å². The van der Waals surface area contributed by atoms with E-state index in [0.29, 0.717) is 0 Å². The van der Waals surface area contributed by atoms with Crippen LogP contribution in [-0.4, -0.2) is 12.0 Å². The molecule has 0 aromatic carbocycles. The van der Waals surface area contributed by atoms with Gasteiger partial charge in [-0.2, -0.15) is 18.4 Å². The average molecular weight is 215 g/mol. The maximum absolute atomic E-state index is 12.3. The van der Waals surface area contributed by atoms with Crippen molar-refractivity contribution in [3.8, 4) is 6.07 Å². The molecule has 0 aromatic rings. The first-order valence-electron chi connectivity index (χ1n) is 4.27. The lowest BCUT2D eigenvalue weighted by Crippen LogP contribution is -2.33. The highest BCUT2D eigenvalue weighted by Gasteiger charge is 2.44. The number of hydrogen-bond donors (Lipinski definition) is 0. The maximum atomic E-state index is 12.3. The molecule has 0 amide bonds. The summed E-state index contributed by atoms with van der Waals surface area (Å²) in [4.78, 5) is 11.4. The summed E-state index contributed by atoms with van der Waals surface area (Å²) in [6.45, 7) is 0.938. The minimum Gasteiger partial charge on any atom is -0.293 e. The average Bonchev–Trinajstić information content (AvgIpc) is 2.16. The monoisotopic (exact) mass is 215 g/mol. The van der Waals surface area contributed by atoms with Gasteiger partial charge in [0.25, 0.3) is 0 Å². The second-order valence-electron chi connectivity index (χ2n) is 3.30. The van der Waals surface area contributed by atoms with Gasteiger partial charge in [-0.15, -0.1) is 0 Å². The summed E-state index contributed by atoms with van der Waals surface area (Å²) in [5, 5.41) is 8.51. The van der Waals surface area contributed by atoms with Gasteiger partial charge in [0.1, 0.15) is 6.07 Å². The van der Waals surface area contributed by atoms with E-state index in [0.717, 1.165) is 6.92 Å². The van der Waals surface area contributed by atoms with Gasteiger partial charge in [0, 0.05) is 0 Å². The van der Waals surface area contributed by atoms with Crippen LogP contribution in [0.1, 0.15) is 6.92 Å². The number of Topliss-reactive ketones (excluding diaryl/α,β-unsaturated/α-hetero) is 1. The molecule has 0 N–H and O–H groups in total. The molecule has 0 fully saturated rings. The first-order chi connectivity index (χ1) is 6.88. The Balaban J connectivity index is 2.94. The predicted molar refractivity (Wildman–Crippen MR) is 46.6 cm³/mol. The van der Waals surface area contributed by atoms with Crippen LogP contribution in [0.25, 0.3) is 0 Å². The summed E-state index contributed by atoms with van der Waals surface area (Å²) < 4.78 is 37.0. The molecule has 15 heavy (non-hydrogen) atoms. The zero-order valence-corrected chi connectivity index (χ0v) is 7.88. The molecule has 2 atom stereocenters. The third-order valence-corrected chi connectivity index (χ3v) is 2.32. The minimum atomic E-state index is -4.43. The number of rotatable bonds is 1. The topological polar surface area (TPSA) is 40.9 Å². The summed E-state index contributed by atoms with van der Waals surface area (Å²) in [7, 11) is 0. The van der Waals surface area contributed by atoms with Gasteiger partial charge in [0.2, 0.25) is 0 Å². The van der Waals surface area contributed by atoms with E-state index in [1.54, 1.807) is 6.07 Å². The maximum Gasteiger partial charge on any atom is 0.392 e. The normalized spacial score (nSPS) is 23.3. The van der Waals surface area contributed by atoms with Gasteiger partial charge >= 0.3 is 6.18 Å². The first kappa shape index (κ1) is 11.5. The third kappa shape index (κ3) is 2.27. The number of carbonyl (C=O) groups excluding carboxylic acids is 1. The van der Waals surface area contributed by atoms with E-state index in [-0.39, 0.29) is 5.57 Å². The van der Waals surface area contributed by atoms with E-state index in [2.05, 4.69) is 0 Å². The van der Waals surface area contributed by atoms with Crippen molar-refractivity contribution in [1.82, 2.24) is 0 Å². The SMILES string of the molecule is CC(C1C=CC=C(C#N)C1=O)C(F)(F)F. The molecule has 0 aliphatic heterocycles. The fraction of sp³-hybridized carbons (Fsp3) is 0.400. The molecule has 2 unspecified atom stereocenters. The number of ketones is 1. The van der Waals surface area contributed by atoms with Crippen LogP contribution in [0, 0.1) is 23.2 Å². The number of hydrogen-bond acceptors (Lipinski definition) is 2. The van der Waals surface area contributed by atoms with E-state index in [4.69, 9.17) is 5.26 Å². The summed E-state index contributed by atoms with van der Waals surface area (Å²) in [5.41, 5.74) is -0.224. The molecule has 0 saturated carbocycles. The number of allylic oxidation sites excluding steroid dienone is 4. The summed E-state index contributed by atoms with van der Waals surface area (Å²) in [6, 6.07) is 1.58. The van der Waals surface area contributed by atoms with Crippen LogP contribution in [0.5, 0.6) is 0 Å². The molecular weight excluding hydrogens is 207 g/mol. The second kappa shape index (κ2) is 3.89. The van der Waals surface area contributed by atoms with Gasteiger partial charge < -0.3 is 0 Å². The van der Waals surface area contributed by atoms with Gasteiger partial charge in [-0.05, 0) is 6.08 Å². The standard InChI is InChI=1S/C10H8F3NO/c1-6(10(11,12)13)8-4-2-3-7(5-14)9(8)15/h2-4,6,8H,1H3. The highest BCUT2D eigenvalue weighted by molar-refractivity contribution is 6.03. The summed E-state index contributed by atoms with van der Waals surface area (Å²) in [6.07, 6.45) is -0.710. The zero-order valence-electron chi connectivity index (χ0n) is 7.88. The van der Waals surface area contributed by atoms with Crippen LogP contribution in [0.15, 0.2) is 23.8 Å². The zero-order chi connectivity index (χ0) is 11.6. The van der Waals surface area contributed by atoms with Crippen molar-refractivity contribution in [1.29, 1.82) is 5.26 Å². The Morgan fingerprint density at radius 1 is 1.53 bits per heavy atom. The summed E-state index contributed by atoms with van der Waals surface area (Å²) >= 11 is 0. The largest absolute Gasteiger partial charge is 0.392 e. The van der Waals surface area contributed by atoms with E-state index in [1.807, 2.05) is 0 Å². The van der Waals surface area contributed by atoms with Crippen molar-refractivity contribution in [2.75, 3.05) is 0 Å². The van der Waals surface area contributed by atoms with Crippen molar-refractivity contribution in [2.45, 2.75) is 13.1 Å². The molecule has 2 nitrogen and oxygen atoms in total. The second-order valence-corrected chi connectivity index (χ2v) is 3.30. The molecule has 0 aromatic heterocycles. The Bertz CT molecular complexity index is 373. The van der Waals surface area contributed by atoms with E-state index >= 15 is 0 Å². The van der Waals surface area contributed by atoms with Crippen LogP contribution in [0.4, 0.5) is 13.2 Å². The van der Waals surface area contributed by atoms with Gasteiger partial charge in [0.15, 0.2) is 5.78 Å². The molecule has 80 valence electrons. The number of nitrogens with zero attached hydrogens (tertiary/aromatic N) is 1. The molecule has 1 aliphatic carbocycles. The van der Waals surface area contributed by atoms with Crippen LogP contribution in [0.2, 0.25) is 0 Å². The van der Waals surface area contributed by atoms with Crippen molar-refractivity contribution in [3.05, 3.63) is 23.8 Å². The molecular formula is C10H8F3NO. The quantitative estimate of drug-likeness (QED) is 0.673. The highest BCUT2D eigenvalue weighted by Crippen LogP contribution is 2.35. The van der Waals surface area contributed by atoms with E-state index in [9.17, 15) is 18.0 Å². The lowest BCUT2D eigenvalue weighted by molar-refractivity contribution is -0.181. The van der Waals surface area contributed by atoms with Gasteiger partial charge in [-0.25, -0.2) is 0 Å². The molecule has 1 aliphatic rings. The van der Waals surface area contributed by atoms with Gasteiger partial charge in [0.05, 0.1) is 17.4 Å². The number of carbonyl (C=O) groups is 1. The Kier molecular flexibility index (Phi) is 2.98. The Labute approximate surface area is 84.7 Å². The number of halogens is 3. The molecule has 0 spiro atoms. The predicted octanol–water partition coefficient (Wildman–Crippen LogP) is 2.39. The Morgan fingerprint density at radius 3 is 2.60 bits per heavy atom. The smallest absolute Gasteiger partial charge is 0.293 e. The van der Waals surface area contributed by atoms with Crippen LogP contribution >= 0.6 is 0 Å². The lowest BCUT2D eigenvalue weighted by atomic mass is 9.83. The number of alkyl halides is 3. The van der Waals surface area contributed by atoms with Crippen LogP contribution in [0.3, 0.4) is 0 Å². The molecule has 5 heteroatoms. The third-order valence-electron chi connectivity index (χ3n) is 2.32. The first-order valence-corrected chi connectivity index (χ1v) is 4.27. The van der Waals surface area contributed by atoms with Gasteiger partial charge in [-0.3, -0.25) is 4.79 Å². The van der Waals surface area contributed by atoms with E-state index in [1.165, 1.54) is 18.2 Å². The molecule has 0 radical (unpaired) electrons. The van der Waals surface area contributed by atoms with Crippen molar-refractivity contribution in [2.24, 2.45) is 11.8 Å². The van der Waals surface area contributed by atoms with Crippen molar-refractivity contribution >= 4 is 5.78 Å².